The molecule has 1 fully saturated rings. The first-order valence-corrected chi connectivity index (χ1v) is 9.82. The lowest BCUT2D eigenvalue weighted by Gasteiger charge is -2.21. The Morgan fingerprint density at radius 3 is 2.30 bits per heavy atom. The molecule has 7 heteroatoms. The van der Waals surface area contributed by atoms with Gasteiger partial charge in [0.1, 0.15) is 0 Å². The van der Waals surface area contributed by atoms with E-state index in [4.69, 9.17) is 34.8 Å². The van der Waals surface area contributed by atoms with Gasteiger partial charge in [-0.25, -0.2) is 0 Å². The minimum absolute atomic E-state index is 0.0391. The monoisotopic (exact) mass is 424 g/mol. The molecule has 1 aliphatic rings. The number of halogens is 3. The zero-order valence-electron chi connectivity index (χ0n) is 14.7. The summed E-state index contributed by atoms with van der Waals surface area (Å²) < 4.78 is 0. The number of amides is 2. The van der Waals surface area contributed by atoms with E-state index in [1.165, 1.54) is 0 Å². The second-order valence-corrected chi connectivity index (χ2v) is 7.69. The maximum atomic E-state index is 12.8. The van der Waals surface area contributed by atoms with Crippen LogP contribution < -0.4 is 5.32 Å². The SMILES string of the molecule is CCN(CC(=O)Nc1c(Cl)cccc1Cl)C(=O)C1CC1c1ccccc1Cl. The fraction of sp³-hybridized carbons (Fsp3) is 0.300. The molecular formula is C20H19Cl3N2O2. The first kappa shape index (κ1) is 20.0. The number of benzene rings is 2. The van der Waals surface area contributed by atoms with E-state index in [2.05, 4.69) is 5.32 Å². The molecule has 2 amide bonds. The van der Waals surface area contributed by atoms with Gasteiger partial charge in [-0.1, -0.05) is 59.1 Å². The van der Waals surface area contributed by atoms with Crippen LogP contribution in [0.5, 0.6) is 0 Å². The highest BCUT2D eigenvalue weighted by Crippen LogP contribution is 2.50. The quantitative estimate of drug-likeness (QED) is 0.688. The Hall–Kier alpha value is -1.75. The van der Waals surface area contributed by atoms with Gasteiger partial charge in [-0.2, -0.15) is 0 Å². The van der Waals surface area contributed by atoms with Crippen LogP contribution in [0.2, 0.25) is 15.1 Å². The van der Waals surface area contributed by atoms with E-state index in [0.29, 0.717) is 27.3 Å². The minimum Gasteiger partial charge on any atom is -0.333 e. The summed E-state index contributed by atoms with van der Waals surface area (Å²) in [6.07, 6.45) is 0.747. The lowest BCUT2D eigenvalue weighted by molar-refractivity contribution is -0.135. The van der Waals surface area contributed by atoms with E-state index in [-0.39, 0.29) is 30.2 Å². The van der Waals surface area contributed by atoms with E-state index in [9.17, 15) is 9.59 Å². The van der Waals surface area contributed by atoms with Crippen LogP contribution in [-0.2, 0) is 9.59 Å². The Morgan fingerprint density at radius 2 is 1.67 bits per heavy atom. The van der Waals surface area contributed by atoms with Crippen LogP contribution in [0, 0.1) is 5.92 Å². The number of carbonyl (C=O) groups is 2. The average Bonchev–Trinajstić information content (AvgIpc) is 3.43. The molecule has 0 heterocycles. The first-order valence-electron chi connectivity index (χ1n) is 8.69. The zero-order valence-corrected chi connectivity index (χ0v) is 17.0. The van der Waals surface area contributed by atoms with E-state index in [1.807, 2.05) is 31.2 Å². The van der Waals surface area contributed by atoms with Gasteiger partial charge in [0.05, 0.1) is 22.3 Å². The van der Waals surface area contributed by atoms with E-state index in [1.54, 1.807) is 23.1 Å². The van der Waals surface area contributed by atoms with Crippen molar-refractivity contribution in [2.75, 3.05) is 18.4 Å². The highest BCUT2D eigenvalue weighted by molar-refractivity contribution is 6.39. The zero-order chi connectivity index (χ0) is 19.6. The minimum atomic E-state index is -0.338. The van der Waals surface area contributed by atoms with E-state index in [0.717, 1.165) is 12.0 Å². The molecule has 0 spiro atoms. The maximum Gasteiger partial charge on any atom is 0.244 e. The fourth-order valence-electron chi connectivity index (χ4n) is 3.14. The molecule has 0 bridgehead atoms. The van der Waals surface area contributed by atoms with Crippen LogP contribution in [-0.4, -0.2) is 29.8 Å². The Bertz CT molecular complexity index is 852. The summed E-state index contributed by atoms with van der Waals surface area (Å²) in [5.41, 5.74) is 1.34. The summed E-state index contributed by atoms with van der Waals surface area (Å²) in [4.78, 5) is 26.7. The molecule has 2 aromatic carbocycles. The number of carbonyl (C=O) groups excluding carboxylic acids is 2. The number of para-hydroxylation sites is 1. The molecule has 3 rings (SSSR count). The molecule has 0 aromatic heterocycles. The average molecular weight is 426 g/mol. The van der Waals surface area contributed by atoms with Gasteiger partial charge in [0.15, 0.2) is 0 Å². The summed E-state index contributed by atoms with van der Waals surface area (Å²) in [6, 6.07) is 12.5. The van der Waals surface area contributed by atoms with Crippen molar-refractivity contribution in [3.05, 3.63) is 63.1 Å². The van der Waals surface area contributed by atoms with Crippen molar-refractivity contribution in [2.45, 2.75) is 19.3 Å². The van der Waals surface area contributed by atoms with E-state index >= 15 is 0 Å². The van der Waals surface area contributed by atoms with Crippen molar-refractivity contribution in [2.24, 2.45) is 5.92 Å². The third-order valence-electron chi connectivity index (χ3n) is 4.67. The lowest BCUT2D eigenvalue weighted by atomic mass is 10.1. The highest BCUT2D eigenvalue weighted by Gasteiger charge is 2.46. The number of nitrogens with zero attached hydrogens (tertiary/aromatic N) is 1. The molecule has 0 saturated heterocycles. The van der Waals surface area contributed by atoms with Gasteiger partial charge in [0.2, 0.25) is 11.8 Å². The number of rotatable bonds is 6. The van der Waals surface area contributed by atoms with Gasteiger partial charge in [0, 0.05) is 17.5 Å². The smallest absolute Gasteiger partial charge is 0.244 e. The van der Waals surface area contributed by atoms with Crippen LogP contribution >= 0.6 is 34.8 Å². The van der Waals surface area contributed by atoms with Gasteiger partial charge < -0.3 is 10.2 Å². The predicted octanol–water partition coefficient (Wildman–Crippen LogP) is 5.24. The van der Waals surface area contributed by atoms with Crippen LogP contribution in [0.25, 0.3) is 0 Å². The summed E-state index contributed by atoms with van der Waals surface area (Å²) in [5, 5.41) is 4.07. The Morgan fingerprint density at radius 1 is 1.04 bits per heavy atom. The van der Waals surface area contributed by atoms with Crippen LogP contribution in [0.15, 0.2) is 42.5 Å². The van der Waals surface area contributed by atoms with E-state index < -0.39 is 0 Å². The summed E-state index contributed by atoms with van der Waals surface area (Å²) >= 11 is 18.4. The molecule has 2 unspecified atom stereocenters. The molecule has 0 radical (unpaired) electrons. The molecule has 1 aliphatic carbocycles. The number of nitrogens with one attached hydrogen (secondary N) is 1. The van der Waals surface area contributed by atoms with Gasteiger partial charge in [-0.3, -0.25) is 9.59 Å². The van der Waals surface area contributed by atoms with Gasteiger partial charge in [0.25, 0.3) is 0 Å². The Labute approximate surface area is 173 Å². The number of hydrogen-bond acceptors (Lipinski definition) is 2. The number of anilines is 1. The molecule has 2 atom stereocenters. The topological polar surface area (TPSA) is 49.4 Å². The third-order valence-corrected chi connectivity index (χ3v) is 5.64. The molecule has 1 saturated carbocycles. The standard InChI is InChI=1S/C20H19Cl3N2O2/c1-2-25(11-18(26)24-19-16(22)8-5-9-17(19)23)20(27)14-10-13(14)12-6-3-4-7-15(12)21/h3-9,13-14H,2,10-11H2,1H3,(H,24,26). The van der Waals surface area contributed by atoms with Crippen LogP contribution in [0.3, 0.4) is 0 Å². The van der Waals surface area contributed by atoms with Crippen molar-refractivity contribution >= 4 is 52.3 Å². The third kappa shape index (κ3) is 4.57. The molecule has 2 aromatic rings. The second-order valence-electron chi connectivity index (χ2n) is 6.47. The van der Waals surface area contributed by atoms with Crippen molar-refractivity contribution in [1.29, 1.82) is 0 Å². The normalized spacial score (nSPS) is 18.1. The summed E-state index contributed by atoms with van der Waals surface area (Å²) in [7, 11) is 0. The van der Waals surface area contributed by atoms with Gasteiger partial charge in [-0.05, 0) is 43.0 Å². The predicted molar refractivity (Wildman–Crippen MR) is 110 cm³/mol. The van der Waals surface area contributed by atoms with Crippen molar-refractivity contribution in [3.63, 3.8) is 0 Å². The molecule has 142 valence electrons. The maximum absolute atomic E-state index is 12.8. The molecule has 1 N–H and O–H groups in total. The molecule has 27 heavy (non-hydrogen) atoms. The van der Waals surface area contributed by atoms with Crippen LogP contribution in [0.1, 0.15) is 24.8 Å². The second kappa shape index (κ2) is 8.51. The molecular weight excluding hydrogens is 407 g/mol. The Balaban J connectivity index is 1.63. The summed E-state index contributed by atoms with van der Waals surface area (Å²) in [5.74, 6) is -0.402. The molecule has 0 aliphatic heterocycles. The van der Waals surface area contributed by atoms with Crippen LogP contribution in [0.4, 0.5) is 5.69 Å². The van der Waals surface area contributed by atoms with Gasteiger partial charge >= 0.3 is 0 Å². The van der Waals surface area contributed by atoms with Crippen molar-refractivity contribution in [1.82, 2.24) is 4.90 Å². The van der Waals surface area contributed by atoms with Gasteiger partial charge in [-0.15, -0.1) is 0 Å². The largest absolute Gasteiger partial charge is 0.333 e. The van der Waals surface area contributed by atoms with Crippen molar-refractivity contribution < 1.29 is 9.59 Å². The summed E-state index contributed by atoms with van der Waals surface area (Å²) in [6.45, 7) is 2.23. The fourth-order valence-corrected chi connectivity index (χ4v) is 3.90. The molecule has 4 nitrogen and oxygen atoms in total. The lowest BCUT2D eigenvalue weighted by Crippen LogP contribution is -2.39. The first-order chi connectivity index (χ1) is 12.9. The highest BCUT2D eigenvalue weighted by atomic mass is 35.5. The van der Waals surface area contributed by atoms with Crippen molar-refractivity contribution in [3.8, 4) is 0 Å². The number of likely N-dealkylation sites (N-methyl/N-ethyl adjacent to an activating group) is 1. The number of hydrogen-bond donors (Lipinski definition) is 1. The Kier molecular flexibility index (Phi) is 6.30.